The zero-order valence-corrected chi connectivity index (χ0v) is 9.07. The van der Waals surface area contributed by atoms with Gasteiger partial charge in [-0.1, -0.05) is 0 Å². The van der Waals surface area contributed by atoms with Crippen molar-refractivity contribution in [1.29, 1.82) is 0 Å². The Kier molecular flexibility index (Phi) is 2.97. The molecule has 2 heterocycles. The zero-order chi connectivity index (χ0) is 10.7. The Morgan fingerprint density at radius 3 is 2.93 bits per heavy atom. The Labute approximate surface area is 92.7 Å². The Morgan fingerprint density at radius 2 is 2.13 bits per heavy atom. The van der Waals surface area contributed by atoms with Gasteiger partial charge >= 0.3 is 0 Å². The number of anilines is 1. The molecule has 4 nitrogen and oxygen atoms in total. The molecule has 5 heteroatoms. The van der Waals surface area contributed by atoms with Crippen LogP contribution in [0.5, 0.6) is 0 Å². The van der Waals surface area contributed by atoms with Gasteiger partial charge < -0.3 is 5.32 Å². The van der Waals surface area contributed by atoms with E-state index in [0.29, 0.717) is 11.5 Å². The molecule has 0 aliphatic heterocycles. The van der Waals surface area contributed by atoms with Crippen molar-refractivity contribution in [3.63, 3.8) is 0 Å². The lowest BCUT2D eigenvalue weighted by Crippen LogP contribution is -2.17. The lowest BCUT2D eigenvalue weighted by atomic mass is 10.3. The number of aromatic nitrogens is 3. The normalized spacial score (nSPS) is 12.7. The highest BCUT2D eigenvalue weighted by atomic mass is 35.5. The maximum Gasteiger partial charge on any atom is 0.180 e. The van der Waals surface area contributed by atoms with E-state index in [1.54, 1.807) is 12.4 Å². The monoisotopic (exact) mass is 222 g/mol. The van der Waals surface area contributed by atoms with Gasteiger partial charge in [0, 0.05) is 24.3 Å². The first-order valence-corrected chi connectivity index (χ1v) is 5.23. The van der Waals surface area contributed by atoms with Crippen molar-refractivity contribution in [3.05, 3.63) is 24.5 Å². The number of fused-ring (bicyclic) bond motifs is 1. The predicted molar refractivity (Wildman–Crippen MR) is 61.1 cm³/mol. The summed E-state index contributed by atoms with van der Waals surface area (Å²) in [5.74, 6) is 1.32. The molecule has 0 saturated carbocycles. The second kappa shape index (κ2) is 4.40. The molecule has 0 bridgehead atoms. The summed E-state index contributed by atoms with van der Waals surface area (Å²) in [5.41, 5.74) is 1.44. The highest BCUT2D eigenvalue weighted by molar-refractivity contribution is 6.18. The van der Waals surface area contributed by atoms with Crippen molar-refractivity contribution in [2.75, 3.05) is 11.2 Å². The van der Waals surface area contributed by atoms with Crippen LogP contribution in [0.15, 0.2) is 24.5 Å². The molecular weight excluding hydrogens is 212 g/mol. The van der Waals surface area contributed by atoms with Crippen molar-refractivity contribution >= 4 is 28.6 Å². The molecular formula is C10H11ClN4. The van der Waals surface area contributed by atoms with E-state index < -0.39 is 0 Å². The van der Waals surface area contributed by atoms with Crippen LogP contribution < -0.4 is 5.32 Å². The number of halogens is 1. The molecule has 0 saturated heterocycles. The fraction of sp³-hybridized carbons (Fsp3) is 0.300. The van der Waals surface area contributed by atoms with E-state index in [4.69, 9.17) is 11.6 Å². The van der Waals surface area contributed by atoms with Crippen LogP contribution in [0.4, 0.5) is 5.82 Å². The smallest absolute Gasteiger partial charge is 0.180 e. The molecule has 1 N–H and O–H groups in total. The Morgan fingerprint density at radius 1 is 1.33 bits per heavy atom. The van der Waals surface area contributed by atoms with Gasteiger partial charge in [0.25, 0.3) is 0 Å². The van der Waals surface area contributed by atoms with Crippen molar-refractivity contribution in [3.8, 4) is 0 Å². The second-order valence-electron chi connectivity index (χ2n) is 3.30. The average Bonchev–Trinajstić information content (AvgIpc) is 2.29. The fourth-order valence-corrected chi connectivity index (χ4v) is 1.30. The quantitative estimate of drug-likeness (QED) is 0.808. The van der Waals surface area contributed by atoms with Crippen LogP contribution in [0.1, 0.15) is 6.92 Å². The summed E-state index contributed by atoms with van der Waals surface area (Å²) >= 11 is 5.70. The van der Waals surface area contributed by atoms with Gasteiger partial charge in [-0.3, -0.25) is 4.98 Å². The molecule has 0 aliphatic carbocycles. The fourth-order valence-electron chi connectivity index (χ4n) is 1.23. The molecule has 0 fully saturated rings. The van der Waals surface area contributed by atoms with Crippen LogP contribution in [0.25, 0.3) is 11.2 Å². The third-order valence-corrected chi connectivity index (χ3v) is 2.42. The minimum absolute atomic E-state index is 0.188. The summed E-state index contributed by atoms with van der Waals surface area (Å²) in [7, 11) is 0. The molecule has 0 aromatic carbocycles. The Bertz CT molecular complexity index is 460. The van der Waals surface area contributed by atoms with Gasteiger partial charge in [0.15, 0.2) is 5.65 Å². The molecule has 0 aliphatic rings. The minimum atomic E-state index is 0.188. The first-order valence-electron chi connectivity index (χ1n) is 4.70. The lowest BCUT2D eigenvalue weighted by Gasteiger charge is -2.10. The van der Waals surface area contributed by atoms with Crippen molar-refractivity contribution in [1.82, 2.24) is 15.0 Å². The van der Waals surface area contributed by atoms with Crippen LogP contribution >= 0.6 is 11.6 Å². The number of hydrogen-bond acceptors (Lipinski definition) is 4. The molecule has 2 aromatic rings. The van der Waals surface area contributed by atoms with Crippen molar-refractivity contribution < 1.29 is 0 Å². The summed E-state index contributed by atoms with van der Waals surface area (Å²) in [6.07, 6.45) is 3.28. The molecule has 1 unspecified atom stereocenters. The summed E-state index contributed by atoms with van der Waals surface area (Å²) in [6, 6.07) is 3.95. The summed E-state index contributed by atoms with van der Waals surface area (Å²) in [6.45, 7) is 2.00. The third-order valence-electron chi connectivity index (χ3n) is 1.96. The average molecular weight is 223 g/mol. The molecule has 15 heavy (non-hydrogen) atoms. The first-order chi connectivity index (χ1) is 7.29. The molecule has 0 amide bonds. The molecule has 2 aromatic heterocycles. The van der Waals surface area contributed by atoms with Crippen LogP contribution in [0, 0.1) is 0 Å². The number of pyridine rings is 1. The Balaban J connectivity index is 2.30. The van der Waals surface area contributed by atoms with Gasteiger partial charge in [-0.15, -0.1) is 11.6 Å². The van der Waals surface area contributed by atoms with Gasteiger partial charge in [0.05, 0.1) is 0 Å². The first kappa shape index (κ1) is 10.1. The summed E-state index contributed by atoms with van der Waals surface area (Å²) in [4.78, 5) is 12.6. The minimum Gasteiger partial charge on any atom is -0.366 e. The summed E-state index contributed by atoms with van der Waals surface area (Å²) in [5, 5.41) is 3.17. The molecule has 1 atom stereocenters. The van der Waals surface area contributed by atoms with Gasteiger partial charge in [-0.25, -0.2) is 9.97 Å². The number of nitrogens with one attached hydrogen (secondary N) is 1. The van der Waals surface area contributed by atoms with Crippen LogP contribution in [-0.2, 0) is 0 Å². The maximum absolute atomic E-state index is 5.70. The van der Waals surface area contributed by atoms with Crippen LogP contribution in [0.3, 0.4) is 0 Å². The van der Waals surface area contributed by atoms with Crippen LogP contribution in [-0.4, -0.2) is 26.9 Å². The number of hydrogen-bond donors (Lipinski definition) is 1. The third kappa shape index (κ3) is 2.33. The summed E-state index contributed by atoms with van der Waals surface area (Å²) < 4.78 is 0. The highest BCUT2D eigenvalue weighted by Gasteiger charge is 2.02. The van der Waals surface area contributed by atoms with E-state index in [9.17, 15) is 0 Å². The van der Waals surface area contributed by atoms with E-state index in [1.807, 2.05) is 19.1 Å². The topological polar surface area (TPSA) is 50.7 Å². The second-order valence-corrected chi connectivity index (χ2v) is 3.60. The largest absolute Gasteiger partial charge is 0.366 e. The molecule has 0 spiro atoms. The Hall–Kier alpha value is -1.42. The SMILES string of the molecule is CC(CCl)Nc1ccc2nccnc2n1. The van der Waals surface area contributed by atoms with Crippen molar-refractivity contribution in [2.45, 2.75) is 13.0 Å². The number of alkyl halides is 1. The van der Waals surface area contributed by atoms with Crippen molar-refractivity contribution in [2.24, 2.45) is 0 Å². The standard InChI is InChI=1S/C10H11ClN4/c1-7(6-11)14-9-3-2-8-10(15-9)13-5-4-12-8/h2-5,7H,6H2,1H3,(H,13,14,15). The lowest BCUT2D eigenvalue weighted by molar-refractivity contribution is 0.898. The zero-order valence-electron chi connectivity index (χ0n) is 8.31. The predicted octanol–water partition coefficient (Wildman–Crippen LogP) is 2.06. The van der Waals surface area contributed by atoms with E-state index in [0.717, 1.165) is 11.3 Å². The maximum atomic E-state index is 5.70. The molecule has 78 valence electrons. The van der Waals surface area contributed by atoms with Gasteiger partial charge in [-0.2, -0.15) is 0 Å². The van der Waals surface area contributed by atoms with Gasteiger partial charge in [-0.05, 0) is 19.1 Å². The van der Waals surface area contributed by atoms with Gasteiger partial charge in [0.2, 0.25) is 0 Å². The molecule has 2 rings (SSSR count). The van der Waals surface area contributed by atoms with E-state index in [-0.39, 0.29) is 6.04 Å². The van der Waals surface area contributed by atoms with E-state index >= 15 is 0 Å². The number of rotatable bonds is 3. The number of nitrogens with zero attached hydrogens (tertiary/aromatic N) is 3. The van der Waals surface area contributed by atoms with Crippen LogP contribution in [0.2, 0.25) is 0 Å². The van der Waals surface area contributed by atoms with Gasteiger partial charge in [0.1, 0.15) is 11.3 Å². The molecule has 0 radical (unpaired) electrons. The highest BCUT2D eigenvalue weighted by Crippen LogP contribution is 2.11. The van der Waals surface area contributed by atoms with E-state index in [2.05, 4.69) is 20.3 Å². The van der Waals surface area contributed by atoms with E-state index in [1.165, 1.54) is 0 Å².